The number of benzene rings is 2. The Balaban J connectivity index is 2.13. The second-order valence-electron chi connectivity index (χ2n) is 6.28. The van der Waals surface area contributed by atoms with Crippen LogP contribution in [0, 0.1) is 0 Å². The number of hydrogen-bond acceptors (Lipinski definition) is 2. The molecule has 2 aromatic carbocycles. The maximum Gasteiger partial charge on any atom is 0.167 e. The third-order valence-corrected chi connectivity index (χ3v) is 3.57. The molecule has 0 fully saturated rings. The SMILES string of the molecule is COc1cccc(CC(=O)c2ccc(C(C)(C)C)cc2)c1. The maximum atomic E-state index is 12.3. The molecule has 0 heterocycles. The van der Waals surface area contributed by atoms with Crippen LogP contribution in [0.4, 0.5) is 0 Å². The zero-order valence-corrected chi connectivity index (χ0v) is 13.1. The van der Waals surface area contributed by atoms with Crippen LogP contribution in [0.15, 0.2) is 48.5 Å². The van der Waals surface area contributed by atoms with Gasteiger partial charge in [-0.3, -0.25) is 4.79 Å². The summed E-state index contributed by atoms with van der Waals surface area (Å²) in [6.45, 7) is 6.50. The summed E-state index contributed by atoms with van der Waals surface area (Å²) >= 11 is 0. The molecule has 0 amide bonds. The number of hydrogen-bond donors (Lipinski definition) is 0. The van der Waals surface area contributed by atoms with Crippen LogP contribution in [-0.4, -0.2) is 12.9 Å². The van der Waals surface area contributed by atoms with Crippen molar-refractivity contribution in [1.29, 1.82) is 0 Å². The van der Waals surface area contributed by atoms with Gasteiger partial charge in [0, 0.05) is 12.0 Å². The number of ether oxygens (including phenoxy) is 1. The van der Waals surface area contributed by atoms with E-state index in [9.17, 15) is 4.79 Å². The van der Waals surface area contributed by atoms with Crippen LogP contribution in [0.25, 0.3) is 0 Å². The lowest BCUT2D eigenvalue weighted by Crippen LogP contribution is -2.11. The molecule has 0 N–H and O–H groups in total. The standard InChI is InChI=1S/C19H22O2/c1-19(2,3)16-10-8-15(9-11-16)18(20)13-14-6-5-7-17(12-14)21-4/h5-12H,13H2,1-4H3. The summed E-state index contributed by atoms with van der Waals surface area (Å²) in [5.41, 5.74) is 3.07. The quantitative estimate of drug-likeness (QED) is 0.776. The van der Waals surface area contributed by atoms with Crippen molar-refractivity contribution in [1.82, 2.24) is 0 Å². The lowest BCUT2D eigenvalue weighted by Gasteiger charge is -2.19. The number of ketones is 1. The fourth-order valence-corrected chi connectivity index (χ4v) is 2.23. The van der Waals surface area contributed by atoms with Crippen molar-refractivity contribution in [3.8, 4) is 5.75 Å². The highest BCUT2D eigenvalue weighted by atomic mass is 16.5. The largest absolute Gasteiger partial charge is 0.497 e. The highest BCUT2D eigenvalue weighted by molar-refractivity contribution is 5.97. The highest BCUT2D eigenvalue weighted by Crippen LogP contribution is 2.22. The van der Waals surface area contributed by atoms with Gasteiger partial charge in [-0.05, 0) is 28.7 Å². The van der Waals surface area contributed by atoms with Crippen LogP contribution in [0.3, 0.4) is 0 Å². The Hall–Kier alpha value is -2.09. The lowest BCUT2D eigenvalue weighted by molar-refractivity contribution is 0.0993. The van der Waals surface area contributed by atoms with Gasteiger partial charge in [0.2, 0.25) is 0 Å². The third kappa shape index (κ3) is 3.94. The molecular formula is C19H22O2. The lowest BCUT2D eigenvalue weighted by atomic mass is 9.86. The van der Waals surface area contributed by atoms with Crippen molar-refractivity contribution in [2.45, 2.75) is 32.6 Å². The van der Waals surface area contributed by atoms with Crippen molar-refractivity contribution in [2.75, 3.05) is 7.11 Å². The van der Waals surface area contributed by atoms with Gasteiger partial charge in [0.1, 0.15) is 5.75 Å². The van der Waals surface area contributed by atoms with Crippen molar-refractivity contribution < 1.29 is 9.53 Å². The second kappa shape index (κ2) is 6.13. The molecule has 0 saturated carbocycles. The van der Waals surface area contributed by atoms with Crippen molar-refractivity contribution >= 4 is 5.78 Å². The van der Waals surface area contributed by atoms with E-state index in [4.69, 9.17) is 4.74 Å². The molecule has 110 valence electrons. The minimum absolute atomic E-state index is 0.106. The topological polar surface area (TPSA) is 26.3 Å². The molecule has 0 aliphatic rings. The molecule has 0 aliphatic heterocycles. The summed E-state index contributed by atoms with van der Waals surface area (Å²) < 4.78 is 5.18. The Morgan fingerprint density at radius 3 is 2.29 bits per heavy atom. The van der Waals surface area contributed by atoms with E-state index in [0.29, 0.717) is 6.42 Å². The highest BCUT2D eigenvalue weighted by Gasteiger charge is 2.14. The predicted octanol–water partition coefficient (Wildman–Crippen LogP) is 4.42. The molecule has 0 atom stereocenters. The van der Waals surface area contributed by atoms with Gasteiger partial charge in [-0.1, -0.05) is 57.2 Å². The number of Topliss-reactive ketones (excluding diaryl/α,β-unsaturated/α-hetero) is 1. The monoisotopic (exact) mass is 282 g/mol. The second-order valence-corrected chi connectivity index (χ2v) is 6.28. The fourth-order valence-electron chi connectivity index (χ4n) is 2.23. The summed E-state index contributed by atoms with van der Waals surface area (Å²) in [4.78, 5) is 12.3. The first kappa shape index (κ1) is 15.3. The van der Waals surface area contributed by atoms with Crippen LogP contribution < -0.4 is 4.74 Å². The Kier molecular flexibility index (Phi) is 4.46. The molecule has 2 aromatic rings. The van der Waals surface area contributed by atoms with Gasteiger partial charge in [0.05, 0.1) is 7.11 Å². The first-order chi connectivity index (χ1) is 9.90. The van der Waals surface area contributed by atoms with Gasteiger partial charge in [0.15, 0.2) is 5.78 Å². The number of methoxy groups -OCH3 is 1. The Labute approximate surface area is 126 Å². The molecule has 2 heteroatoms. The van der Waals surface area contributed by atoms with Crippen molar-refractivity contribution in [2.24, 2.45) is 0 Å². The van der Waals surface area contributed by atoms with Crippen LogP contribution >= 0.6 is 0 Å². The van der Waals surface area contributed by atoms with Gasteiger partial charge in [-0.2, -0.15) is 0 Å². The molecule has 0 unspecified atom stereocenters. The summed E-state index contributed by atoms with van der Waals surface area (Å²) in [6, 6.07) is 15.6. The van der Waals surface area contributed by atoms with Gasteiger partial charge in [0.25, 0.3) is 0 Å². The van der Waals surface area contributed by atoms with Gasteiger partial charge in [-0.25, -0.2) is 0 Å². The smallest absolute Gasteiger partial charge is 0.167 e. The fraction of sp³-hybridized carbons (Fsp3) is 0.316. The molecule has 2 nitrogen and oxygen atoms in total. The summed E-state index contributed by atoms with van der Waals surface area (Å²) in [5.74, 6) is 0.909. The minimum atomic E-state index is 0.106. The summed E-state index contributed by atoms with van der Waals surface area (Å²) in [7, 11) is 1.63. The summed E-state index contributed by atoms with van der Waals surface area (Å²) in [5, 5.41) is 0. The molecule has 0 aliphatic carbocycles. The zero-order chi connectivity index (χ0) is 15.5. The predicted molar refractivity (Wildman–Crippen MR) is 86.2 cm³/mol. The average Bonchev–Trinajstić information content (AvgIpc) is 2.46. The molecule has 0 bridgehead atoms. The minimum Gasteiger partial charge on any atom is -0.497 e. The van der Waals surface area contributed by atoms with E-state index in [0.717, 1.165) is 16.9 Å². The number of carbonyl (C=O) groups excluding carboxylic acids is 1. The molecular weight excluding hydrogens is 260 g/mol. The van der Waals surface area contributed by atoms with Gasteiger partial charge in [-0.15, -0.1) is 0 Å². The van der Waals surface area contributed by atoms with E-state index in [2.05, 4.69) is 20.8 Å². The van der Waals surface area contributed by atoms with E-state index in [1.165, 1.54) is 5.56 Å². The summed E-state index contributed by atoms with van der Waals surface area (Å²) in [6.07, 6.45) is 0.395. The van der Waals surface area contributed by atoms with E-state index < -0.39 is 0 Å². The third-order valence-electron chi connectivity index (χ3n) is 3.57. The first-order valence-electron chi connectivity index (χ1n) is 7.17. The van der Waals surface area contributed by atoms with Crippen molar-refractivity contribution in [3.63, 3.8) is 0 Å². The van der Waals surface area contributed by atoms with E-state index in [1.807, 2.05) is 48.5 Å². The van der Waals surface area contributed by atoms with Crippen LogP contribution in [-0.2, 0) is 11.8 Å². The molecule has 0 radical (unpaired) electrons. The van der Waals surface area contributed by atoms with E-state index in [1.54, 1.807) is 7.11 Å². The number of rotatable bonds is 4. The molecule has 0 aromatic heterocycles. The first-order valence-corrected chi connectivity index (χ1v) is 7.17. The van der Waals surface area contributed by atoms with Gasteiger partial charge >= 0.3 is 0 Å². The normalized spacial score (nSPS) is 11.2. The van der Waals surface area contributed by atoms with Crippen LogP contribution in [0.1, 0.15) is 42.3 Å². The van der Waals surface area contributed by atoms with E-state index in [-0.39, 0.29) is 11.2 Å². The van der Waals surface area contributed by atoms with Crippen molar-refractivity contribution in [3.05, 3.63) is 65.2 Å². The number of carbonyl (C=O) groups is 1. The van der Waals surface area contributed by atoms with E-state index >= 15 is 0 Å². The zero-order valence-electron chi connectivity index (χ0n) is 13.1. The van der Waals surface area contributed by atoms with Crippen LogP contribution in [0.5, 0.6) is 5.75 Å². The molecule has 2 rings (SSSR count). The average molecular weight is 282 g/mol. The maximum absolute atomic E-state index is 12.3. The van der Waals surface area contributed by atoms with Gasteiger partial charge < -0.3 is 4.74 Å². The Bertz CT molecular complexity index is 619. The molecule has 21 heavy (non-hydrogen) atoms. The molecule has 0 spiro atoms. The molecule has 0 saturated heterocycles. The van der Waals surface area contributed by atoms with Crippen LogP contribution in [0.2, 0.25) is 0 Å². The Morgan fingerprint density at radius 2 is 1.71 bits per heavy atom. The Morgan fingerprint density at radius 1 is 1.05 bits per heavy atom.